The number of hydrogen-bond acceptors (Lipinski definition) is 8. The number of carboxylic acids is 1. The minimum atomic E-state index is -5.08. The number of carbonyl (C=O) groups excluding carboxylic acids is 2. The number of aliphatic carboxylic acids is 1. The normalized spacial score (nSPS) is 12.8. The lowest BCUT2D eigenvalue weighted by atomic mass is 10.1. The van der Waals surface area contributed by atoms with Crippen LogP contribution in [0.5, 0.6) is 0 Å². The third kappa shape index (κ3) is 11.9. The number of amidine groups is 1. The predicted molar refractivity (Wildman–Crippen MR) is 151 cm³/mol. The number of carboxylic acid groups (broad SMARTS) is 1. The Labute approximate surface area is 242 Å². The monoisotopic (exact) mass is 613 g/mol. The summed E-state index contributed by atoms with van der Waals surface area (Å²) in [5.74, 6) is -2.22. The molecular weight excluding hydrogens is 579 g/mol. The van der Waals surface area contributed by atoms with Crippen LogP contribution in [0.25, 0.3) is 0 Å². The second-order valence-corrected chi connectivity index (χ2v) is 11.3. The summed E-state index contributed by atoms with van der Waals surface area (Å²) in [4.78, 5) is 38.7. The average molecular weight is 614 g/mol. The summed E-state index contributed by atoms with van der Waals surface area (Å²) < 4.78 is 56.6. The molecule has 4 N–H and O–H groups in total. The fraction of sp³-hybridized carbons (Fsp3) is 0.407. The number of carbonyl (C=O) groups is 3. The summed E-state index contributed by atoms with van der Waals surface area (Å²) in [6, 6.07) is 14.3. The fourth-order valence-corrected chi connectivity index (χ4v) is 4.77. The Morgan fingerprint density at radius 1 is 1.07 bits per heavy atom. The van der Waals surface area contributed by atoms with Crippen molar-refractivity contribution in [2.75, 3.05) is 44.4 Å². The molecule has 3 rings (SSSR count). The number of aliphatic imine (C=N–C) groups is 1. The summed E-state index contributed by atoms with van der Waals surface area (Å²) >= 11 is 0. The highest BCUT2D eigenvalue weighted by Crippen LogP contribution is 2.15. The summed E-state index contributed by atoms with van der Waals surface area (Å²) in [6.07, 6.45) is -3.43. The van der Waals surface area contributed by atoms with Crippen LogP contribution in [0, 0.1) is 0 Å². The molecule has 0 fully saturated rings. The Balaban J connectivity index is 0.000000782. The Morgan fingerprint density at radius 3 is 2.21 bits per heavy atom. The van der Waals surface area contributed by atoms with E-state index in [0.29, 0.717) is 31.6 Å². The first-order valence-corrected chi connectivity index (χ1v) is 14.6. The molecule has 2 aromatic carbocycles. The molecule has 1 aliphatic heterocycles. The standard InChI is InChI=1S/C25H33N5O4S.C2HF3O2/c1-19(31)29-22-9-11-23(12-10-22)35(33,34)18-26-14-3-4-24(32)30(2)17-13-20-5-7-21(8-6-20)25-27-15-16-28-25;3-2(4,5)1(6)7/h5-12,26H,3-4,13-18H2,1-2H3,(H,27,28)(H,29,31);(H,6,7). The van der Waals surface area contributed by atoms with E-state index in [1.807, 2.05) is 12.1 Å². The third-order valence-corrected chi connectivity index (χ3v) is 7.45. The molecule has 0 saturated heterocycles. The molecule has 0 aliphatic carbocycles. The zero-order valence-corrected chi connectivity index (χ0v) is 24.0. The van der Waals surface area contributed by atoms with Crippen LogP contribution in [0.4, 0.5) is 18.9 Å². The second-order valence-electron chi connectivity index (χ2n) is 9.29. The van der Waals surface area contributed by atoms with Gasteiger partial charge in [0.05, 0.1) is 11.4 Å². The van der Waals surface area contributed by atoms with Gasteiger partial charge in [0.25, 0.3) is 0 Å². The minimum absolute atomic E-state index is 0.0318. The molecule has 15 heteroatoms. The summed E-state index contributed by atoms with van der Waals surface area (Å²) in [5.41, 5.74) is 2.77. The van der Waals surface area contributed by atoms with Gasteiger partial charge < -0.3 is 26.0 Å². The van der Waals surface area contributed by atoms with Crippen molar-refractivity contribution in [3.8, 4) is 0 Å². The number of sulfone groups is 1. The van der Waals surface area contributed by atoms with Crippen molar-refractivity contribution in [2.45, 2.75) is 37.3 Å². The van der Waals surface area contributed by atoms with E-state index in [1.165, 1.54) is 19.1 Å². The molecule has 11 nitrogen and oxygen atoms in total. The van der Waals surface area contributed by atoms with Crippen molar-refractivity contribution in [1.82, 2.24) is 15.5 Å². The zero-order chi connectivity index (χ0) is 31.3. The molecule has 0 unspecified atom stereocenters. The van der Waals surface area contributed by atoms with Crippen LogP contribution < -0.4 is 16.0 Å². The van der Waals surface area contributed by atoms with E-state index in [-0.39, 0.29) is 22.6 Å². The first kappa shape index (κ1) is 34.2. The maximum Gasteiger partial charge on any atom is 0.490 e. The van der Waals surface area contributed by atoms with E-state index >= 15 is 0 Å². The minimum Gasteiger partial charge on any atom is -0.475 e. The van der Waals surface area contributed by atoms with Gasteiger partial charge in [-0.3, -0.25) is 14.6 Å². The number of alkyl halides is 3. The Morgan fingerprint density at radius 2 is 1.69 bits per heavy atom. The number of nitrogens with one attached hydrogen (secondary N) is 3. The van der Waals surface area contributed by atoms with Crippen LogP contribution in [-0.4, -0.2) is 87.3 Å². The maximum absolute atomic E-state index is 12.5. The summed E-state index contributed by atoms with van der Waals surface area (Å²) in [6.45, 7) is 4.12. The largest absolute Gasteiger partial charge is 0.490 e. The SMILES string of the molecule is CC(=O)Nc1ccc(S(=O)(=O)CNCCCC(=O)N(C)CCc2ccc(C3=NCCN3)cc2)cc1.O=C(O)C(F)(F)F. The van der Waals surface area contributed by atoms with Crippen molar-refractivity contribution in [3.05, 3.63) is 59.7 Å². The third-order valence-electron chi connectivity index (χ3n) is 5.88. The van der Waals surface area contributed by atoms with Crippen molar-refractivity contribution in [2.24, 2.45) is 4.99 Å². The van der Waals surface area contributed by atoms with Crippen LogP contribution in [0.1, 0.15) is 30.9 Å². The molecule has 2 aromatic rings. The van der Waals surface area contributed by atoms with E-state index in [2.05, 4.69) is 33.1 Å². The molecule has 0 radical (unpaired) electrons. The number of nitrogens with zero attached hydrogens (tertiary/aromatic N) is 2. The van der Waals surface area contributed by atoms with E-state index in [9.17, 15) is 31.2 Å². The van der Waals surface area contributed by atoms with Gasteiger partial charge in [0.1, 0.15) is 11.7 Å². The second kappa shape index (κ2) is 15.9. The van der Waals surface area contributed by atoms with Gasteiger partial charge in [0, 0.05) is 44.7 Å². The van der Waals surface area contributed by atoms with Gasteiger partial charge in [0.15, 0.2) is 9.84 Å². The lowest BCUT2D eigenvalue weighted by Crippen LogP contribution is -2.30. The van der Waals surface area contributed by atoms with E-state index < -0.39 is 22.0 Å². The highest BCUT2D eigenvalue weighted by atomic mass is 32.2. The topological polar surface area (TPSA) is 157 Å². The molecule has 1 aliphatic rings. The van der Waals surface area contributed by atoms with Gasteiger partial charge in [0.2, 0.25) is 11.8 Å². The quantitative estimate of drug-likeness (QED) is 0.266. The highest BCUT2D eigenvalue weighted by molar-refractivity contribution is 7.91. The number of halogens is 3. The van der Waals surface area contributed by atoms with E-state index in [1.54, 1.807) is 24.1 Å². The first-order valence-electron chi connectivity index (χ1n) is 12.9. The van der Waals surface area contributed by atoms with Gasteiger partial charge in [-0.1, -0.05) is 24.3 Å². The number of benzene rings is 2. The van der Waals surface area contributed by atoms with Gasteiger partial charge in [-0.25, -0.2) is 13.2 Å². The molecule has 42 heavy (non-hydrogen) atoms. The lowest BCUT2D eigenvalue weighted by Gasteiger charge is -2.17. The van der Waals surface area contributed by atoms with Crippen molar-refractivity contribution in [1.29, 1.82) is 0 Å². The van der Waals surface area contributed by atoms with Crippen LogP contribution in [0.2, 0.25) is 0 Å². The van der Waals surface area contributed by atoms with Crippen LogP contribution in [0.15, 0.2) is 58.4 Å². The van der Waals surface area contributed by atoms with Crippen LogP contribution in [-0.2, 0) is 30.6 Å². The van der Waals surface area contributed by atoms with Crippen molar-refractivity contribution < 1.29 is 41.1 Å². The molecule has 230 valence electrons. The molecule has 0 atom stereocenters. The number of rotatable bonds is 12. The molecule has 0 saturated carbocycles. The number of amides is 2. The predicted octanol–water partition coefficient (Wildman–Crippen LogP) is 2.43. The Bertz CT molecular complexity index is 1350. The van der Waals surface area contributed by atoms with Crippen molar-refractivity contribution >= 4 is 39.1 Å². The van der Waals surface area contributed by atoms with Crippen molar-refractivity contribution in [3.63, 3.8) is 0 Å². The van der Waals surface area contributed by atoms with Crippen LogP contribution in [0.3, 0.4) is 0 Å². The fourth-order valence-electron chi connectivity index (χ4n) is 3.64. The first-order chi connectivity index (χ1) is 19.7. The van der Waals surface area contributed by atoms with Gasteiger partial charge in [-0.15, -0.1) is 0 Å². The number of hydrogen-bond donors (Lipinski definition) is 4. The smallest absolute Gasteiger partial charge is 0.475 e. The average Bonchev–Trinajstić information content (AvgIpc) is 3.46. The molecule has 1 heterocycles. The lowest BCUT2D eigenvalue weighted by molar-refractivity contribution is -0.192. The molecule has 0 bridgehead atoms. The molecule has 0 aromatic heterocycles. The Hall–Kier alpha value is -3.98. The molecule has 2 amide bonds. The van der Waals surface area contributed by atoms with E-state index in [4.69, 9.17) is 9.90 Å². The van der Waals surface area contributed by atoms with Gasteiger partial charge >= 0.3 is 12.1 Å². The van der Waals surface area contributed by atoms with Gasteiger partial charge in [-0.05, 0) is 49.2 Å². The molecular formula is C27H34F3N5O6S. The van der Waals surface area contributed by atoms with Gasteiger partial charge in [-0.2, -0.15) is 13.2 Å². The zero-order valence-electron chi connectivity index (χ0n) is 23.2. The van der Waals surface area contributed by atoms with E-state index in [0.717, 1.165) is 36.5 Å². The number of anilines is 1. The number of likely N-dealkylation sites (N-methyl/N-ethyl adjacent to an activating group) is 1. The van der Waals surface area contributed by atoms with Crippen LogP contribution >= 0.6 is 0 Å². The summed E-state index contributed by atoms with van der Waals surface area (Å²) in [5, 5.41) is 15.9. The molecule has 0 spiro atoms. The maximum atomic E-state index is 12.5. The Kier molecular flexibility index (Phi) is 12.9. The highest BCUT2D eigenvalue weighted by Gasteiger charge is 2.38. The summed E-state index contributed by atoms with van der Waals surface area (Å²) in [7, 11) is -1.71.